The summed E-state index contributed by atoms with van der Waals surface area (Å²) in [4.78, 5) is 4.42. The highest BCUT2D eigenvalue weighted by atomic mass is 32.2. The van der Waals surface area contributed by atoms with Gasteiger partial charge in [-0.2, -0.15) is 0 Å². The quantitative estimate of drug-likeness (QED) is 0.558. The summed E-state index contributed by atoms with van der Waals surface area (Å²) in [5.74, 6) is 0.310. The van der Waals surface area contributed by atoms with Crippen LogP contribution in [0, 0.1) is 5.82 Å². The molecule has 0 aliphatic heterocycles. The lowest BCUT2D eigenvalue weighted by molar-refractivity contribution is 0.519. The van der Waals surface area contributed by atoms with Crippen LogP contribution >= 0.6 is 0 Å². The van der Waals surface area contributed by atoms with E-state index in [0.717, 1.165) is 5.56 Å². The Morgan fingerprint density at radius 1 is 1.07 bits per heavy atom. The molecule has 0 saturated carbocycles. The number of hydrogen-bond donors (Lipinski definition) is 2. The van der Waals surface area contributed by atoms with Gasteiger partial charge in [0.1, 0.15) is 5.82 Å². The Balaban J connectivity index is 1.96. The first-order valence-electron chi connectivity index (χ1n) is 8.54. The SMILES string of the molecule is CN=C(NCCc1ccc(F)cc1)NCc1ccccc1S(=O)(=O)N(C)C. The Labute approximate surface area is 160 Å². The molecule has 0 heterocycles. The molecule has 0 saturated heterocycles. The van der Waals surface area contributed by atoms with Crippen LogP contribution in [-0.4, -0.2) is 46.4 Å². The van der Waals surface area contributed by atoms with Gasteiger partial charge in [-0.3, -0.25) is 4.99 Å². The Hall–Kier alpha value is -2.45. The Morgan fingerprint density at radius 2 is 1.74 bits per heavy atom. The molecular formula is C19H25FN4O2S. The van der Waals surface area contributed by atoms with Crippen LogP contribution in [-0.2, 0) is 23.0 Å². The highest BCUT2D eigenvalue weighted by Gasteiger charge is 2.20. The summed E-state index contributed by atoms with van der Waals surface area (Å²) in [7, 11) is 1.15. The standard InChI is InChI=1S/C19H25FN4O2S/c1-21-19(22-13-12-15-8-10-17(20)11-9-15)23-14-16-6-4-5-7-18(16)27(25,26)24(2)3/h4-11H,12-14H2,1-3H3,(H2,21,22,23). The van der Waals surface area contributed by atoms with Crippen molar-refractivity contribution in [2.75, 3.05) is 27.7 Å². The average molecular weight is 393 g/mol. The summed E-state index contributed by atoms with van der Waals surface area (Å²) >= 11 is 0. The summed E-state index contributed by atoms with van der Waals surface area (Å²) in [5.41, 5.74) is 1.68. The second kappa shape index (κ2) is 9.48. The molecule has 0 aromatic heterocycles. The van der Waals surface area contributed by atoms with Crippen molar-refractivity contribution in [1.82, 2.24) is 14.9 Å². The van der Waals surface area contributed by atoms with Crippen molar-refractivity contribution in [1.29, 1.82) is 0 Å². The molecule has 2 N–H and O–H groups in total. The number of rotatable bonds is 7. The predicted octanol–water partition coefficient (Wildman–Crippen LogP) is 1.98. The molecule has 6 nitrogen and oxygen atoms in total. The minimum atomic E-state index is -3.52. The highest BCUT2D eigenvalue weighted by Crippen LogP contribution is 2.18. The van der Waals surface area contributed by atoms with Gasteiger partial charge in [0, 0.05) is 34.2 Å². The van der Waals surface area contributed by atoms with Crippen LogP contribution < -0.4 is 10.6 Å². The molecule has 0 bridgehead atoms. The van der Waals surface area contributed by atoms with Gasteiger partial charge in [-0.15, -0.1) is 0 Å². The second-order valence-electron chi connectivity index (χ2n) is 6.12. The van der Waals surface area contributed by atoms with Gasteiger partial charge in [-0.05, 0) is 35.7 Å². The monoisotopic (exact) mass is 392 g/mol. The number of sulfonamides is 1. The number of aliphatic imine (C=N–C) groups is 1. The Morgan fingerprint density at radius 3 is 2.37 bits per heavy atom. The molecular weight excluding hydrogens is 367 g/mol. The predicted molar refractivity (Wildman–Crippen MR) is 106 cm³/mol. The molecule has 2 rings (SSSR count). The zero-order valence-corrected chi connectivity index (χ0v) is 16.6. The van der Waals surface area contributed by atoms with E-state index in [2.05, 4.69) is 15.6 Å². The van der Waals surface area contributed by atoms with E-state index in [1.54, 1.807) is 43.4 Å². The molecule has 27 heavy (non-hydrogen) atoms. The first kappa shape index (κ1) is 20.9. The maximum absolute atomic E-state index is 12.9. The van der Waals surface area contributed by atoms with E-state index in [4.69, 9.17) is 0 Å². The van der Waals surface area contributed by atoms with Crippen LogP contribution in [0.2, 0.25) is 0 Å². The van der Waals surface area contributed by atoms with Crippen molar-refractivity contribution < 1.29 is 12.8 Å². The number of halogens is 1. The van der Waals surface area contributed by atoms with E-state index < -0.39 is 10.0 Å². The van der Waals surface area contributed by atoms with Crippen molar-refractivity contribution in [2.45, 2.75) is 17.9 Å². The number of nitrogens with zero attached hydrogens (tertiary/aromatic N) is 2. The van der Waals surface area contributed by atoms with Crippen LogP contribution in [0.25, 0.3) is 0 Å². The lowest BCUT2D eigenvalue weighted by Gasteiger charge is -2.17. The van der Waals surface area contributed by atoms with Crippen molar-refractivity contribution >= 4 is 16.0 Å². The van der Waals surface area contributed by atoms with Gasteiger partial charge in [0.05, 0.1) is 4.90 Å². The van der Waals surface area contributed by atoms with Crippen molar-refractivity contribution in [3.63, 3.8) is 0 Å². The molecule has 0 atom stereocenters. The number of nitrogens with one attached hydrogen (secondary N) is 2. The third-order valence-corrected chi connectivity index (χ3v) is 5.94. The lowest BCUT2D eigenvalue weighted by atomic mass is 10.1. The zero-order chi connectivity index (χ0) is 19.9. The fourth-order valence-electron chi connectivity index (χ4n) is 2.47. The average Bonchev–Trinajstić information content (AvgIpc) is 2.66. The van der Waals surface area contributed by atoms with E-state index in [-0.39, 0.29) is 10.7 Å². The molecule has 0 aliphatic carbocycles. The van der Waals surface area contributed by atoms with E-state index in [1.165, 1.54) is 30.5 Å². The summed E-state index contributed by atoms with van der Waals surface area (Å²) in [6.07, 6.45) is 0.715. The number of hydrogen-bond acceptors (Lipinski definition) is 3. The summed E-state index contributed by atoms with van der Waals surface area (Å²) in [6, 6.07) is 13.2. The number of benzene rings is 2. The van der Waals surface area contributed by atoms with Crippen LogP contribution in [0.15, 0.2) is 58.4 Å². The molecule has 0 amide bonds. The summed E-state index contributed by atoms with van der Waals surface area (Å²) in [6.45, 7) is 0.933. The van der Waals surface area contributed by atoms with Gasteiger partial charge < -0.3 is 10.6 Å². The van der Waals surface area contributed by atoms with Crippen molar-refractivity contribution in [2.24, 2.45) is 4.99 Å². The normalized spacial score (nSPS) is 12.3. The minimum absolute atomic E-state index is 0.254. The Kier molecular flexibility index (Phi) is 7.32. The van der Waals surface area contributed by atoms with Crippen molar-refractivity contribution in [3.8, 4) is 0 Å². The van der Waals surface area contributed by atoms with E-state index in [9.17, 15) is 12.8 Å². The van der Waals surface area contributed by atoms with E-state index >= 15 is 0 Å². The second-order valence-corrected chi connectivity index (χ2v) is 8.24. The topological polar surface area (TPSA) is 73.8 Å². The number of guanidine groups is 1. The maximum atomic E-state index is 12.9. The Bertz CT molecular complexity index is 881. The van der Waals surface area contributed by atoms with Gasteiger partial charge >= 0.3 is 0 Å². The van der Waals surface area contributed by atoms with Crippen molar-refractivity contribution in [3.05, 3.63) is 65.5 Å². The van der Waals surface area contributed by atoms with Gasteiger partial charge in [0.2, 0.25) is 10.0 Å². The fraction of sp³-hybridized carbons (Fsp3) is 0.316. The molecule has 0 fully saturated rings. The van der Waals surface area contributed by atoms with E-state index in [1.807, 2.05) is 0 Å². The third-order valence-electron chi connectivity index (χ3n) is 4.02. The summed E-state index contributed by atoms with van der Waals surface area (Å²) < 4.78 is 39.0. The van der Waals surface area contributed by atoms with Gasteiger partial charge in [-0.25, -0.2) is 17.1 Å². The highest BCUT2D eigenvalue weighted by molar-refractivity contribution is 7.89. The lowest BCUT2D eigenvalue weighted by Crippen LogP contribution is -2.38. The molecule has 0 aliphatic rings. The molecule has 2 aromatic carbocycles. The molecule has 0 spiro atoms. The zero-order valence-electron chi connectivity index (χ0n) is 15.7. The van der Waals surface area contributed by atoms with Crippen LogP contribution in [0.5, 0.6) is 0 Å². The first-order chi connectivity index (χ1) is 12.8. The summed E-state index contributed by atoms with van der Waals surface area (Å²) in [5, 5.41) is 6.30. The largest absolute Gasteiger partial charge is 0.356 e. The molecule has 0 radical (unpaired) electrons. The fourth-order valence-corrected chi connectivity index (χ4v) is 3.59. The van der Waals surface area contributed by atoms with E-state index in [0.29, 0.717) is 31.0 Å². The maximum Gasteiger partial charge on any atom is 0.242 e. The smallest absolute Gasteiger partial charge is 0.242 e. The molecule has 8 heteroatoms. The molecule has 2 aromatic rings. The third kappa shape index (κ3) is 5.77. The van der Waals surface area contributed by atoms with Crippen LogP contribution in [0.4, 0.5) is 4.39 Å². The van der Waals surface area contributed by atoms with Gasteiger partial charge in [-0.1, -0.05) is 30.3 Å². The van der Waals surface area contributed by atoms with Crippen LogP contribution in [0.1, 0.15) is 11.1 Å². The van der Waals surface area contributed by atoms with Gasteiger partial charge in [0.15, 0.2) is 5.96 Å². The first-order valence-corrected chi connectivity index (χ1v) is 9.98. The molecule has 0 unspecified atom stereocenters. The minimum Gasteiger partial charge on any atom is -0.356 e. The van der Waals surface area contributed by atoms with Gasteiger partial charge in [0.25, 0.3) is 0 Å². The molecule has 146 valence electrons. The van der Waals surface area contributed by atoms with Crippen LogP contribution in [0.3, 0.4) is 0 Å².